The fraction of sp³-hybridized carbons (Fsp3) is 0.316. The highest BCUT2D eigenvalue weighted by molar-refractivity contribution is 5.59. The van der Waals surface area contributed by atoms with Crippen molar-refractivity contribution in [3.8, 4) is 0 Å². The van der Waals surface area contributed by atoms with Gasteiger partial charge in [-0.3, -0.25) is 0 Å². The van der Waals surface area contributed by atoms with Crippen LogP contribution in [0.15, 0.2) is 48.5 Å². The zero-order chi connectivity index (χ0) is 15.8. The zero-order valence-corrected chi connectivity index (χ0v) is 13.2. The van der Waals surface area contributed by atoms with Gasteiger partial charge in [-0.15, -0.1) is 0 Å². The van der Waals surface area contributed by atoms with Crippen LogP contribution in [0.5, 0.6) is 0 Å². The Morgan fingerprint density at radius 3 is 1.77 bits per heavy atom. The van der Waals surface area contributed by atoms with Crippen LogP contribution in [-0.2, 0) is 28.9 Å². The van der Waals surface area contributed by atoms with Crippen molar-refractivity contribution in [3.05, 3.63) is 70.8 Å². The third kappa shape index (κ3) is 4.92. The molecule has 0 aromatic heterocycles. The minimum atomic E-state index is -0.623. The summed E-state index contributed by atoms with van der Waals surface area (Å²) in [7, 11) is 0. The molecule has 0 saturated heterocycles. The summed E-state index contributed by atoms with van der Waals surface area (Å²) in [6, 6.07) is 16.8. The van der Waals surface area contributed by atoms with Crippen LogP contribution in [-0.4, -0.2) is 12.8 Å². The molecule has 0 heterocycles. The summed E-state index contributed by atoms with van der Waals surface area (Å²) in [5.41, 5.74) is 4.85. The lowest BCUT2D eigenvalue weighted by Crippen LogP contribution is -2.06. The largest absolute Gasteiger partial charge is 0.508 e. The molecule has 22 heavy (non-hydrogen) atoms. The molecule has 0 fully saturated rings. The van der Waals surface area contributed by atoms with Crippen molar-refractivity contribution in [1.82, 2.24) is 0 Å². The minimum absolute atomic E-state index is 0.240. The van der Waals surface area contributed by atoms with Gasteiger partial charge in [0.1, 0.15) is 6.61 Å². The van der Waals surface area contributed by atoms with E-state index in [1.165, 1.54) is 16.7 Å². The maximum Gasteiger partial charge on any atom is 0.508 e. The molecule has 2 aromatic carbocycles. The smallest absolute Gasteiger partial charge is 0.435 e. The van der Waals surface area contributed by atoms with Crippen molar-refractivity contribution >= 4 is 6.16 Å². The second-order valence-electron chi connectivity index (χ2n) is 5.14. The maximum absolute atomic E-state index is 11.1. The molecular weight excluding hydrogens is 276 g/mol. The first-order valence-corrected chi connectivity index (χ1v) is 7.66. The Morgan fingerprint density at radius 1 is 0.773 bits per heavy atom. The monoisotopic (exact) mass is 298 g/mol. The van der Waals surface area contributed by atoms with Gasteiger partial charge in [0.25, 0.3) is 0 Å². The molecule has 0 amide bonds. The van der Waals surface area contributed by atoms with E-state index in [0.717, 1.165) is 18.4 Å². The molecule has 0 atom stereocenters. The number of hydrogen-bond acceptors (Lipinski definition) is 3. The van der Waals surface area contributed by atoms with Crippen LogP contribution in [0.25, 0.3) is 0 Å². The fourth-order valence-electron chi connectivity index (χ4n) is 2.18. The molecule has 0 aliphatic rings. The Balaban J connectivity index is 1.89. The van der Waals surface area contributed by atoms with Gasteiger partial charge < -0.3 is 9.47 Å². The first-order valence-electron chi connectivity index (χ1n) is 7.66. The molecule has 0 aliphatic heterocycles. The van der Waals surface area contributed by atoms with Crippen LogP contribution in [0.4, 0.5) is 4.79 Å². The highest BCUT2D eigenvalue weighted by Gasteiger charge is 2.03. The molecular formula is C19H22O3. The number of ether oxygens (including phenoxy) is 2. The predicted octanol–water partition coefficient (Wildman–Crippen LogP) is 4.51. The van der Waals surface area contributed by atoms with Crippen LogP contribution in [0.3, 0.4) is 0 Å². The highest BCUT2D eigenvalue weighted by Crippen LogP contribution is 2.13. The molecule has 0 bridgehead atoms. The van der Waals surface area contributed by atoms with E-state index in [-0.39, 0.29) is 6.61 Å². The van der Waals surface area contributed by atoms with E-state index < -0.39 is 6.16 Å². The van der Waals surface area contributed by atoms with Gasteiger partial charge in [0, 0.05) is 0 Å². The van der Waals surface area contributed by atoms with Crippen LogP contribution in [0.2, 0.25) is 0 Å². The van der Waals surface area contributed by atoms with E-state index in [1.54, 1.807) is 6.92 Å². The van der Waals surface area contributed by atoms with Gasteiger partial charge in [0.15, 0.2) is 0 Å². The summed E-state index contributed by atoms with van der Waals surface area (Å²) in [6.45, 7) is 4.48. The van der Waals surface area contributed by atoms with E-state index in [9.17, 15) is 4.79 Å². The van der Waals surface area contributed by atoms with E-state index in [4.69, 9.17) is 9.47 Å². The van der Waals surface area contributed by atoms with Crippen LogP contribution >= 0.6 is 0 Å². The summed E-state index contributed by atoms with van der Waals surface area (Å²) in [5.74, 6) is 0. The van der Waals surface area contributed by atoms with Crippen LogP contribution < -0.4 is 0 Å². The van der Waals surface area contributed by atoms with Gasteiger partial charge in [-0.2, -0.15) is 0 Å². The van der Waals surface area contributed by atoms with Gasteiger partial charge in [-0.1, -0.05) is 55.5 Å². The van der Waals surface area contributed by atoms with Crippen molar-refractivity contribution in [2.45, 2.75) is 33.3 Å². The third-order valence-electron chi connectivity index (χ3n) is 3.48. The Morgan fingerprint density at radius 2 is 1.27 bits per heavy atom. The van der Waals surface area contributed by atoms with Gasteiger partial charge in [0.2, 0.25) is 0 Å². The molecule has 0 aliphatic carbocycles. The molecule has 2 aromatic rings. The van der Waals surface area contributed by atoms with Crippen molar-refractivity contribution < 1.29 is 14.3 Å². The molecule has 3 nitrogen and oxygen atoms in total. The fourth-order valence-corrected chi connectivity index (χ4v) is 2.18. The number of carbonyl (C=O) groups excluding carboxylic acids is 1. The summed E-state index contributed by atoms with van der Waals surface area (Å²) >= 11 is 0. The number of carbonyl (C=O) groups is 1. The van der Waals surface area contributed by atoms with Gasteiger partial charge >= 0.3 is 6.16 Å². The predicted molar refractivity (Wildman–Crippen MR) is 86.9 cm³/mol. The van der Waals surface area contributed by atoms with E-state index in [1.807, 2.05) is 12.1 Å². The first-order chi connectivity index (χ1) is 10.7. The van der Waals surface area contributed by atoms with Crippen molar-refractivity contribution in [1.29, 1.82) is 0 Å². The molecule has 116 valence electrons. The lowest BCUT2D eigenvalue weighted by Gasteiger charge is -2.07. The van der Waals surface area contributed by atoms with Gasteiger partial charge in [-0.25, -0.2) is 4.79 Å². The first kappa shape index (κ1) is 16.1. The maximum atomic E-state index is 11.1. The summed E-state index contributed by atoms with van der Waals surface area (Å²) < 4.78 is 9.72. The molecule has 0 spiro atoms. The topological polar surface area (TPSA) is 35.5 Å². The molecule has 0 saturated carbocycles. The molecule has 2 rings (SSSR count). The Bertz CT molecular complexity index is 585. The number of hydrogen-bond donors (Lipinski definition) is 0. The minimum Gasteiger partial charge on any atom is -0.435 e. The average molecular weight is 298 g/mol. The lowest BCUT2D eigenvalue weighted by atomic mass is 10.0. The van der Waals surface area contributed by atoms with Gasteiger partial charge in [-0.05, 0) is 42.0 Å². The van der Waals surface area contributed by atoms with Gasteiger partial charge in [0.05, 0.1) is 6.61 Å². The van der Waals surface area contributed by atoms with Crippen molar-refractivity contribution in [3.63, 3.8) is 0 Å². The second kappa shape index (κ2) is 8.23. The van der Waals surface area contributed by atoms with Crippen LogP contribution in [0.1, 0.15) is 36.1 Å². The number of benzene rings is 2. The van der Waals surface area contributed by atoms with Crippen LogP contribution in [0, 0.1) is 0 Å². The normalized spacial score (nSPS) is 10.3. The molecule has 0 radical (unpaired) electrons. The SMILES string of the molecule is CCOC(=O)OCc1ccc(Cc2ccc(CC)cc2)cc1. The molecule has 0 unspecified atom stereocenters. The standard InChI is InChI=1S/C19H22O3/c1-3-15-5-7-16(8-6-15)13-17-9-11-18(12-10-17)14-22-19(20)21-4-2/h5-12H,3-4,13-14H2,1-2H3. The number of aryl methyl sites for hydroxylation is 1. The Labute approximate surface area is 131 Å². The zero-order valence-electron chi connectivity index (χ0n) is 13.2. The Kier molecular flexibility index (Phi) is 6.01. The lowest BCUT2D eigenvalue weighted by molar-refractivity contribution is 0.0536. The van der Waals surface area contributed by atoms with E-state index in [0.29, 0.717) is 6.61 Å². The summed E-state index contributed by atoms with van der Waals surface area (Å²) in [6.07, 6.45) is 1.35. The van der Waals surface area contributed by atoms with E-state index in [2.05, 4.69) is 43.3 Å². The van der Waals surface area contributed by atoms with E-state index >= 15 is 0 Å². The highest BCUT2D eigenvalue weighted by atomic mass is 16.7. The second-order valence-corrected chi connectivity index (χ2v) is 5.14. The third-order valence-corrected chi connectivity index (χ3v) is 3.48. The summed E-state index contributed by atoms with van der Waals surface area (Å²) in [4.78, 5) is 11.1. The quantitative estimate of drug-likeness (QED) is 0.736. The van der Waals surface area contributed by atoms with Crippen molar-refractivity contribution in [2.24, 2.45) is 0 Å². The summed E-state index contributed by atoms with van der Waals surface area (Å²) in [5, 5.41) is 0. The Hall–Kier alpha value is -2.29. The molecule has 3 heteroatoms. The molecule has 0 N–H and O–H groups in total. The average Bonchev–Trinajstić information content (AvgIpc) is 2.55. The number of rotatable bonds is 6. The van der Waals surface area contributed by atoms with Crippen molar-refractivity contribution in [2.75, 3.05) is 6.61 Å².